The molecule has 20 heavy (non-hydrogen) atoms. The van der Waals surface area contributed by atoms with E-state index in [1.807, 2.05) is 12.1 Å². The highest BCUT2D eigenvalue weighted by Crippen LogP contribution is 2.30. The summed E-state index contributed by atoms with van der Waals surface area (Å²) in [6.07, 6.45) is 8.82. The summed E-state index contributed by atoms with van der Waals surface area (Å²) in [5.41, 5.74) is 6.33. The van der Waals surface area contributed by atoms with Gasteiger partial charge in [-0.2, -0.15) is 4.98 Å². The van der Waals surface area contributed by atoms with E-state index in [0.29, 0.717) is 23.3 Å². The van der Waals surface area contributed by atoms with E-state index < -0.39 is 0 Å². The average molecular weight is 272 g/mol. The monoisotopic (exact) mass is 272 g/mol. The lowest BCUT2D eigenvalue weighted by molar-refractivity contribution is 0.392. The van der Waals surface area contributed by atoms with Gasteiger partial charge in [-0.25, -0.2) is 4.98 Å². The molecule has 1 fully saturated rings. The van der Waals surface area contributed by atoms with Gasteiger partial charge >= 0.3 is 0 Å². The van der Waals surface area contributed by atoms with Gasteiger partial charge in [0.15, 0.2) is 5.82 Å². The molecule has 0 radical (unpaired) electrons. The van der Waals surface area contributed by atoms with Gasteiger partial charge in [0, 0.05) is 5.92 Å². The fourth-order valence-electron chi connectivity index (χ4n) is 2.79. The molecule has 2 N–H and O–H groups in total. The van der Waals surface area contributed by atoms with Crippen molar-refractivity contribution in [3.05, 3.63) is 24.0 Å². The predicted molar refractivity (Wildman–Crippen MR) is 77.0 cm³/mol. The normalized spacial score (nSPS) is 17.6. The summed E-state index contributed by atoms with van der Waals surface area (Å²) >= 11 is 0. The third-order valence-electron chi connectivity index (χ3n) is 3.90. The Hall–Kier alpha value is -1.91. The zero-order valence-electron chi connectivity index (χ0n) is 11.6. The van der Waals surface area contributed by atoms with Crippen molar-refractivity contribution in [1.29, 1.82) is 0 Å². The third-order valence-corrected chi connectivity index (χ3v) is 3.90. The van der Waals surface area contributed by atoms with Gasteiger partial charge in [-0.3, -0.25) is 0 Å². The second kappa shape index (κ2) is 6.03. The Morgan fingerprint density at radius 2 is 1.75 bits per heavy atom. The molecule has 1 aliphatic rings. The van der Waals surface area contributed by atoms with Crippen LogP contribution in [0.4, 0.5) is 5.82 Å². The molecule has 3 rings (SSSR count). The molecule has 0 amide bonds. The van der Waals surface area contributed by atoms with Crippen molar-refractivity contribution >= 4 is 5.82 Å². The minimum Gasteiger partial charge on any atom is -0.384 e. The van der Waals surface area contributed by atoms with E-state index in [0.717, 1.165) is 18.7 Å². The lowest BCUT2D eigenvalue weighted by atomic mass is 9.91. The fourth-order valence-corrected chi connectivity index (χ4v) is 2.79. The van der Waals surface area contributed by atoms with Crippen LogP contribution >= 0.6 is 0 Å². The highest BCUT2D eigenvalue weighted by molar-refractivity contribution is 5.50. The topological polar surface area (TPSA) is 77.8 Å². The molecule has 0 spiro atoms. The molecule has 106 valence electrons. The van der Waals surface area contributed by atoms with Crippen LogP contribution in [0, 0.1) is 0 Å². The summed E-state index contributed by atoms with van der Waals surface area (Å²) in [5.74, 6) is 2.18. The van der Waals surface area contributed by atoms with Crippen LogP contribution in [0.3, 0.4) is 0 Å². The van der Waals surface area contributed by atoms with E-state index >= 15 is 0 Å². The number of pyridine rings is 1. The van der Waals surface area contributed by atoms with Gasteiger partial charge in [0.25, 0.3) is 5.89 Å². The molecule has 5 heteroatoms. The first-order chi connectivity index (χ1) is 9.83. The number of hydrogen-bond donors (Lipinski definition) is 1. The molecule has 0 atom stereocenters. The Morgan fingerprint density at radius 3 is 2.50 bits per heavy atom. The summed E-state index contributed by atoms with van der Waals surface area (Å²) in [4.78, 5) is 8.74. The highest BCUT2D eigenvalue weighted by Gasteiger charge is 2.20. The first-order valence-electron chi connectivity index (χ1n) is 7.39. The van der Waals surface area contributed by atoms with Crippen molar-refractivity contribution in [1.82, 2.24) is 15.1 Å². The van der Waals surface area contributed by atoms with Crippen LogP contribution < -0.4 is 5.73 Å². The zero-order valence-corrected chi connectivity index (χ0v) is 11.6. The van der Waals surface area contributed by atoms with Crippen molar-refractivity contribution in [3.8, 4) is 11.6 Å². The quantitative estimate of drug-likeness (QED) is 0.904. The molecule has 0 aliphatic heterocycles. The molecule has 2 aromatic heterocycles. The smallest absolute Gasteiger partial charge is 0.276 e. The number of nitrogen functional groups attached to an aromatic ring is 1. The van der Waals surface area contributed by atoms with E-state index in [4.69, 9.17) is 10.3 Å². The maximum absolute atomic E-state index is 5.68. The summed E-state index contributed by atoms with van der Waals surface area (Å²) in [7, 11) is 0. The number of rotatable bonds is 2. The molecule has 0 unspecified atom stereocenters. The molecule has 0 aromatic carbocycles. The van der Waals surface area contributed by atoms with Gasteiger partial charge < -0.3 is 10.3 Å². The van der Waals surface area contributed by atoms with Gasteiger partial charge in [0.2, 0.25) is 0 Å². The maximum atomic E-state index is 5.68. The molecule has 2 aromatic rings. The molecule has 1 aliphatic carbocycles. The molecule has 5 nitrogen and oxygen atoms in total. The Balaban J connectivity index is 1.78. The van der Waals surface area contributed by atoms with Gasteiger partial charge in [-0.1, -0.05) is 43.3 Å². The Bertz CT molecular complexity index is 559. The zero-order chi connectivity index (χ0) is 13.8. The molecular formula is C15H20N4O. The van der Waals surface area contributed by atoms with E-state index in [9.17, 15) is 0 Å². The Morgan fingerprint density at radius 1 is 1.00 bits per heavy atom. The van der Waals surface area contributed by atoms with Gasteiger partial charge in [0.05, 0.1) is 0 Å². The van der Waals surface area contributed by atoms with Crippen LogP contribution in [0.5, 0.6) is 0 Å². The molecule has 0 bridgehead atoms. The summed E-state index contributed by atoms with van der Waals surface area (Å²) in [6, 6.07) is 5.43. The number of anilines is 1. The largest absolute Gasteiger partial charge is 0.384 e. The number of aromatic nitrogens is 3. The average Bonchev–Trinajstić information content (AvgIpc) is 2.88. The van der Waals surface area contributed by atoms with Crippen molar-refractivity contribution < 1.29 is 4.52 Å². The first-order valence-corrected chi connectivity index (χ1v) is 7.39. The Labute approximate surface area is 118 Å². The van der Waals surface area contributed by atoms with E-state index in [1.54, 1.807) is 6.07 Å². The van der Waals surface area contributed by atoms with Crippen LogP contribution in [0.25, 0.3) is 11.6 Å². The lowest BCUT2D eigenvalue weighted by Crippen LogP contribution is -2.04. The molecular weight excluding hydrogens is 252 g/mol. The van der Waals surface area contributed by atoms with Gasteiger partial charge in [-0.05, 0) is 25.0 Å². The Kier molecular flexibility index (Phi) is 3.95. The van der Waals surface area contributed by atoms with Crippen LogP contribution in [0.15, 0.2) is 22.7 Å². The summed E-state index contributed by atoms with van der Waals surface area (Å²) in [5, 5.41) is 4.15. The fraction of sp³-hybridized carbons (Fsp3) is 0.533. The maximum Gasteiger partial charge on any atom is 0.276 e. The van der Waals surface area contributed by atoms with Crippen LogP contribution in [0.1, 0.15) is 56.7 Å². The molecule has 2 heterocycles. The van der Waals surface area contributed by atoms with Crippen LogP contribution in [-0.2, 0) is 0 Å². The third kappa shape index (κ3) is 2.98. The number of nitrogens with two attached hydrogens (primary N) is 1. The van der Waals surface area contributed by atoms with Crippen LogP contribution in [-0.4, -0.2) is 15.1 Å². The number of nitrogens with zero attached hydrogens (tertiary/aromatic N) is 3. The van der Waals surface area contributed by atoms with Gasteiger partial charge in [0.1, 0.15) is 11.5 Å². The van der Waals surface area contributed by atoms with E-state index in [2.05, 4.69) is 15.1 Å². The minimum absolute atomic E-state index is 0.425. The number of hydrogen-bond acceptors (Lipinski definition) is 5. The van der Waals surface area contributed by atoms with Crippen molar-refractivity contribution in [2.45, 2.75) is 50.9 Å². The van der Waals surface area contributed by atoms with Crippen LogP contribution in [0.2, 0.25) is 0 Å². The summed E-state index contributed by atoms with van der Waals surface area (Å²) < 4.78 is 5.35. The molecule has 0 saturated heterocycles. The SMILES string of the molecule is Nc1cccc(-c2nc(C3CCCCCCC3)no2)n1. The lowest BCUT2D eigenvalue weighted by Gasteiger charge is -2.15. The van der Waals surface area contributed by atoms with Gasteiger partial charge in [-0.15, -0.1) is 0 Å². The second-order valence-electron chi connectivity index (χ2n) is 5.45. The summed E-state index contributed by atoms with van der Waals surface area (Å²) in [6.45, 7) is 0. The van der Waals surface area contributed by atoms with Crippen molar-refractivity contribution in [3.63, 3.8) is 0 Å². The van der Waals surface area contributed by atoms with E-state index in [-0.39, 0.29) is 0 Å². The molecule has 1 saturated carbocycles. The predicted octanol–water partition coefficient (Wildman–Crippen LogP) is 3.54. The minimum atomic E-state index is 0.425. The standard InChI is InChI=1S/C15H20N4O/c16-13-10-6-9-12(17-13)15-18-14(19-20-15)11-7-4-2-1-3-5-8-11/h6,9-11H,1-5,7-8H2,(H2,16,17). The van der Waals surface area contributed by atoms with Crippen molar-refractivity contribution in [2.75, 3.05) is 5.73 Å². The second-order valence-corrected chi connectivity index (χ2v) is 5.45. The first kappa shape index (κ1) is 13.1. The highest BCUT2D eigenvalue weighted by atomic mass is 16.5. The van der Waals surface area contributed by atoms with Crippen molar-refractivity contribution in [2.24, 2.45) is 0 Å². The van der Waals surface area contributed by atoms with E-state index in [1.165, 1.54) is 32.1 Å².